The molecule has 0 aromatic rings. The van der Waals surface area contributed by atoms with Crippen LogP contribution in [0.5, 0.6) is 0 Å². The zero-order valence-electron chi connectivity index (χ0n) is 40.5. The fourth-order valence-corrected chi connectivity index (χ4v) is 7.94. The lowest BCUT2D eigenvalue weighted by Gasteiger charge is -2.68. The number of rotatable bonds is 1. The first-order valence-corrected chi connectivity index (χ1v) is 11.9. The second-order valence-corrected chi connectivity index (χ2v) is 11.4. The number of carboxylic acids is 1. The van der Waals surface area contributed by atoms with Gasteiger partial charge in [0.25, 0.3) is 0 Å². The van der Waals surface area contributed by atoms with Gasteiger partial charge >= 0.3 is 5.97 Å². The molecule has 3 fully saturated rings. The summed E-state index contributed by atoms with van der Waals surface area (Å²) in [4.78, 5) is 42.5. The van der Waals surface area contributed by atoms with Gasteiger partial charge in [0, 0.05) is 45.5 Å². The molecule has 5 nitrogen and oxygen atoms in total. The minimum Gasteiger partial charge on any atom is -0.481 e. The summed E-state index contributed by atoms with van der Waals surface area (Å²) in [6.45, 7) is -25.9. The predicted octanol–water partition coefficient (Wildman–Crippen LogP) is 6.29. The number of allylic oxidation sites excluding steroid dienone is 4. The van der Waals surface area contributed by atoms with Gasteiger partial charge in [-0.2, -0.15) is 5.26 Å². The van der Waals surface area contributed by atoms with Gasteiger partial charge in [-0.25, -0.2) is 0 Å². The van der Waals surface area contributed by atoms with E-state index in [1.807, 2.05) is 0 Å². The third-order valence-electron chi connectivity index (χ3n) is 9.84. The Kier molecular flexibility index (Phi) is 2.10. The zero-order valence-corrected chi connectivity index (χ0v) is 19.5. The van der Waals surface area contributed by atoms with E-state index in [2.05, 4.69) is 0 Å². The quantitative estimate of drug-likeness (QED) is 0.445. The molecular weight excluding hydrogens is 450 g/mol. The first-order valence-electron chi connectivity index (χ1n) is 22.4. The lowest BCUT2D eigenvalue weighted by atomic mass is 9.34. The van der Waals surface area contributed by atoms with Crippen LogP contribution in [0.2, 0.25) is 0 Å². The van der Waals surface area contributed by atoms with Crippen molar-refractivity contribution in [2.45, 2.75) is 92.9 Å². The standard InChI is InChI=1S/C31H41NO4/c1-26(2)10-12-31(25(35)36)13-11-30(7)23(19(31)16-26)20(33)14-22-28(5)15-18(17-32)24(34)27(3,4)21(28)8-9-29(22,30)6/h14-15,19,21,23H,8-13,16H2,1-7H3,(H,35,36)/t19-,21-,23-,28-,29+,30+,31-/m0/s1/i1D3,2D3,3D3,4D3,5D3,6D3,7D3. The molecule has 0 unspecified atom stereocenters. The van der Waals surface area contributed by atoms with Crippen molar-refractivity contribution in [3.05, 3.63) is 23.3 Å². The highest BCUT2D eigenvalue weighted by atomic mass is 16.4. The van der Waals surface area contributed by atoms with E-state index >= 15 is 4.79 Å². The number of hydrogen-bond acceptors (Lipinski definition) is 4. The minimum atomic E-state index is -3.93. The van der Waals surface area contributed by atoms with Crippen LogP contribution in [0, 0.1) is 61.6 Å². The average molecular weight is 513 g/mol. The Morgan fingerprint density at radius 3 is 2.44 bits per heavy atom. The highest BCUT2D eigenvalue weighted by Gasteiger charge is 2.70. The Labute approximate surface area is 244 Å². The van der Waals surface area contributed by atoms with Crippen LogP contribution < -0.4 is 0 Å². The highest BCUT2D eigenvalue weighted by Crippen LogP contribution is 2.74. The van der Waals surface area contributed by atoms with Crippen molar-refractivity contribution >= 4 is 17.5 Å². The number of hydrogen-bond donors (Lipinski definition) is 1. The summed E-state index contributed by atoms with van der Waals surface area (Å²) in [6.07, 6.45) is -5.62. The third kappa shape index (κ3) is 2.85. The van der Waals surface area contributed by atoms with Crippen LogP contribution in [0.25, 0.3) is 0 Å². The average Bonchev–Trinajstić information content (AvgIpc) is 2.99. The molecule has 0 aliphatic heterocycles. The van der Waals surface area contributed by atoms with E-state index in [0.717, 1.165) is 0 Å². The second kappa shape index (κ2) is 7.21. The van der Waals surface area contributed by atoms with E-state index in [0.29, 0.717) is 12.2 Å². The van der Waals surface area contributed by atoms with Crippen LogP contribution in [0.15, 0.2) is 23.3 Å². The molecule has 5 rings (SSSR count). The van der Waals surface area contributed by atoms with Crippen molar-refractivity contribution in [1.29, 1.82) is 5.26 Å². The first kappa shape index (κ1) is 10.5. The van der Waals surface area contributed by atoms with Crippen molar-refractivity contribution in [1.82, 2.24) is 0 Å². The van der Waals surface area contributed by atoms with E-state index in [4.69, 9.17) is 28.8 Å². The summed E-state index contributed by atoms with van der Waals surface area (Å²) in [7, 11) is 0. The highest BCUT2D eigenvalue weighted by molar-refractivity contribution is 6.04. The van der Waals surface area contributed by atoms with Crippen molar-refractivity contribution in [3.63, 3.8) is 0 Å². The summed E-state index contributed by atoms with van der Waals surface area (Å²) in [6, 6.07) is 1.35. The predicted molar refractivity (Wildman–Crippen MR) is 137 cm³/mol. The van der Waals surface area contributed by atoms with Crippen LogP contribution in [0.3, 0.4) is 0 Å². The minimum absolute atomic E-state index is 0.420. The number of aliphatic carboxylic acids is 1. The molecule has 0 aromatic carbocycles. The molecule has 5 aliphatic carbocycles. The molecule has 3 saturated carbocycles. The number of carbonyl (C=O) groups is 3. The zero-order chi connectivity index (χ0) is 44.2. The largest absolute Gasteiger partial charge is 0.481 e. The summed E-state index contributed by atoms with van der Waals surface area (Å²) >= 11 is 0. The Hall–Kier alpha value is -2.22. The molecule has 5 heteroatoms. The Morgan fingerprint density at radius 1 is 1.06 bits per heavy atom. The van der Waals surface area contributed by atoms with Gasteiger partial charge in [0.2, 0.25) is 0 Å². The Bertz CT molecular complexity index is 1840. The van der Waals surface area contributed by atoms with E-state index in [1.54, 1.807) is 0 Å². The maximum Gasteiger partial charge on any atom is 0.309 e. The van der Waals surface area contributed by atoms with Crippen molar-refractivity contribution < 1.29 is 48.3 Å². The maximum absolute atomic E-state index is 15.1. The van der Waals surface area contributed by atoms with Crippen molar-refractivity contribution in [2.75, 3.05) is 0 Å². The third-order valence-corrected chi connectivity index (χ3v) is 9.84. The smallest absolute Gasteiger partial charge is 0.309 e. The molecule has 1 N–H and O–H groups in total. The van der Waals surface area contributed by atoms with Gasteiger partial charge in [0.15, 0.2) is 11.6 Å². The lowest BCUT2D eigenvalue weighted by molar-refractivity contribution is -0.188. The molecule has 194 valence electrons. The summed E-state index contributed by atoms with van der Waals surface area (Å²) in [5.41, 5.74) is -20.6. The monoisotopic (exact) mass is 512 g/mol. The number of carboxylic acid groups (broad SMARTS) is 1. The van der Waals surface area contributed by atoms with Crippen LogP contribution in [-0.4, -0.2) is 22.6 Å². The van der Waals surface area contributed by atoms with Crippen LogP contribution in [-0.2, 0) is 14.4 Å². The van der Waals surface area contributed by atoms with Gasteiger partial charge in [-0.3, -0.25) is 14.4 Å². The van der Waals surface area contributed by atoms with Gasteiger partial charge in [0.05, 0.1) is 11.0 Å². The van der Waals surface area contributed by atoms with Gasteiger partial charge in [0.1, 0.15) is 6.07 Å². The first-order chi connectivity index (χ1) is 25.3. The Morgan fingerprint density at radius 2 is 1.83 bits per heavy atom. The molecule has 0 aromatic heterocycles. The van der Waals surface area contributed by atoms with Crippen LogP contribution in [0.1, 0.15) is 122 Å². The van der Waals surface area contributed by atoms with Crippen LogP contribution in [0.4, 0.5) is 0 Å². The van der Waals surface area contributed by atoms with Gasteiger partial charge in [-0.15, -0.1) is 0 Å². The maximum atomic E-state index is 15.1. The molecule has 0 radical (unpaired) electrons. The van der Waals surface area contributed by atoms with Gasteiger partial charge in [-0.05, 0) is 79.1 Å². The molecule has 7 atom stereocenters. The molecule has 0 spiro atoms. The molecule has 0 saturated heterocycles. The SMILES string of the molecule is [2H]C([2H])([2H])C1(C([2H])([2H])[2H])CC[C@]2(C(=O)O)CC[C@]3(C([2H])([2H])[2H])[C@H](C(=O)C=C4[C@@]5(C([2H])([2H])[2H])C=C(C#N)C(=O)C(C([2H])([2H])[2H])(C([2H])([2H])[2H])[C@@H]5CC[C@]43C([2H])([2H])[2H])[C@@H]2C1. The van der Waals surface area contributed by atoms with Gasteiger partial charge < -0.3 is 5.11 Å². The van der Waals surface area contributed by atoms with E-state index in [-0.39, 0.29) is 0 Å². The molecule has 0 amide bonds. The summed E-state index contributed by atoms with van der Waals surface area (Å²) in [5.74, 6) is -11.6. The van der Waals surface area contributed by atoms with Crippen LogP contribution >= 0.6 is 0 Å². The number of ketones is 2. The topological polar surface area (TPSA) is 95.2 Å². The number of fused-ring (bicyclic) bond motifs is 7. The molecule has 36 heavy (non-hydrogen) atoms. The Balaban J connectivity index is 2.04. The summed E-state index contributed by atoms with van der Waals surface area (Å²) < 4.78 is 182. The number of Topliss-reactive ketones (excluding diaryl/α,β-unsaturated/α-hetero) is 1. The lowest BCUT2D eigenvalue weighted by Crippen LogP contribution is -2.65. The van der Waals surface area contributed by atoms with Gasteiger partial charge in [-0.1, -0.05) is 59.6 Å². The van der Waals surface area contributed by atoms with E-state index in [9.17, 15) is 20.0 Å². The number of nitrogens with zero attached hydrogens (tertiary/aromatic N) is 1. The van der Waals surface area contributed by atoms with E-state index < -0.39 is 172 Å². The molecule has 0 heterocycles. The second-order valence-electron chi connectivity index (χ2n) is 11.4. The fourth-order valence-electron chi connectivity index (χ4n) is 7.94. The number of carbonyl (C=O) groups excluding carboxylic acids is 2. The molecule has 5 aliphatic rings. The fraction of sp³-hybridized carbons (Fsp3) is 0.742. The van der Waals surface area contributed by atoms with Crippen molar-refractivity contribution in [2.24, 2.45) is 50.2 Å². The normalized spacial score (nSPS) is 57.8. The van der Waals surface area contributed by atoms with E-state index in [1.165, 1.54) is 6.07 Å². The summed E-state index contributed by atoms with van der Waals surface area (Å²) in [5, 5.41) is 21.0. The molecule has 0 bridgehead atoms. The molecular formula is C31H41NO4. The number of nitriles is 1. The van der Waals surface area contributed by atoms with Crippen molar-refractivity contribution in [3.8, 4) is 6.07 Å².